The molecule has 1 fully saturated rings. The van der Waals surface area contributed by atoms with Gasteiger partial charge in [-0.1, -0.05) is 18.0 Å². The summed E-state index contributed by atoms with van der Waals surface area (Å²) in [7, 11) is 0. The minimum atomic E-state index is 0.661. The second-order valence-electron chi connectivity index (χ2n) is 5.20. The summed E-state index contributed by atoms with van der Waals surface area (Å²) < 4.78 is 11.3. The summed E-state index contributed by atoms with van der Waals surface area (Å²) in [6, 6.07) is 8.11. The SMILES string of the molecule is Clc1ccc(OCCCOCCC2CCCCN2)cc1. The molecule has 1 N–H and O–H groups in total. The van der Waals surface area contributed by atoms with Gasteiger partial charge in [0, 0.05) is 30.7 Å². The molecule has 1 aromatic carbocycles. The lowest BCUT2D eigenvalue weighted by atomic mass is 10.0. The Morgan fingerprint density at radius 1 is 1.10 bits per heavy atom. The van der Waals surface area contributed by atoms with Gasteiger partial charge in [-0.15, -0.1) is 0 Å². The zero-order valence-electron chi connectivity index (χ0n) is 11.9. The first-order valence-electron chi connectivity index (χ1n) is 7.54. The lowest BCUT2D eigenvalue weighted by Gasteiger charge is -2.23. The maximum absolute atomic E-state index is 5.81. The molecule has 1 aromatic rings. The van der Waals surface area contributed by atoms with Crippen LogP contribution >= 0.6 is 11.6 Å². The average molecular weight is 298 g/mol. The van der Waals surface area contributed by atoms with Crippen LogP contribution in [-0.4, -0.2) is 32.4 Å². The maximum atomic E-state index is 5.81. The predicted octanol–water partition coefficient (Wildman–Crippen LogP) is 3.66. The molecule has 1 aliphatic heterocycles. The molecule has 0 bridgehead atoms. The van der Waals surface area contributed by atoms with Crippen LogP contribution in [0, 0.1) is 0 Å². The molecule has 0 saturated carbocycles. The normalized spacial score (nSPS) is 18.9. The smallest absolute Gasteiger partial charge is 0.119 e. The van der Waals surface area contributed by atoms with Gasteiger partial charge in [-0.05, 0) is 50.1 Å². The summed E-state index contributed by atoms with van der Waals surface area (Å²) in [5.41, 5.74) is 0. The fourth-order valence-electron chi connectivity index (χ4n) is 2.38. The molecule has 1 atom stereocenters. The highest BCUT2D eigenvalue weighted by Crippen LogP contribution is 2.15. The Kier molecular flexibility index (Phi) is 7.20. The first-order valence-corrected chi connectivity index (χ1v) is 7.92. The largest absolute Gasteiger partial charge is 0.494 e. The Hall–Kier alpha value is -0.770. The highest BCUT2D eigenvalue weighted by atomic mass is 35.5. The Labute approximate surface area is 126 Å². The van der Waals surface area contributed by atoms with Crippen molar-refractivity contribution in [2.45, 2.75) is 38.1 Å². The molecule has 1 heterocycles. The third-order valence-corrected chi connectivity index (χ3v) is 3.79. The minimum absolute atomic E-state index is 0.661. The summed E-state index contributed by atoms with van der Waals surface area (Å²) >= 11 is 5.81. The summed E-state index contributed by atoms with van der Waals surface area (Å²) in [5, 5.41) is 4.27. The van der Waals surface area contributed by atoms with Crippen molar-refractivity contribution in [1.29, 1.82) is 0 Å². The number of rotatable bonds is 8. The van der Waals surface area contributed by atoms with E-state index in [4.69, 9.17) is 21.1 Å². The molecule has 1 unspecified atom stereocenters. The van der Waals surface area contributed by atoms with E-state index in [1.54, 1.807) is 0 Å². The Morgan fingerprint density at radius 2 is 1.95 bits per heavy atom. The van der Waals surface area contributed by atoms with Crippen LogP contribution in [0.1, 0.15) is 32.1 Å². The van der Waals surface area contributed by atoms with Crippen molar-refractivity contribution in [2.24, 2.45) is 0 Å². The van der Waals surface area contributed by atoms with E-state index in [1.165, 1.54) is 25.8 Å². The van der Waals surface area contributed by atoms with E-state index in [-0.39, 0.29) is 0 Å². The predicted molar refractivity (Wildman–Crippen MR) is 82.6 cm³/mol. The quantitative estimate of drug-likeness (QED) is 0.743. The molecule has 20 heavy (non-hydrogen) atoms. The molecule has 2 rings (SSSR count). The van der Waals surface area contributed by atoms with Crippen molar-refractivity contribution in [3.63, 3.8) is 0 Å². The summed E-state index contributed by atoms with van der Waals surface area (Å²) in [4.78, 5) is 0. The summed E-state index contributed by atoms with van der Waals surface area (Å²) in [6.45, 7) is 3.46. The van der Waals surface area contributed by atoms with Gasteiger partial charge in [0.15, 0.2) is 0 Å². The highest BCUT2D eigenvalue weighted by Gasteiger charge is 2.11. The van der Waals surface area contributed by atoms with Gasteiger partial charge < -0.3 is 14.8 Å². The van der Waals surface area contributed by atoms with Crippen molar-refractivity contribution in [1.82, 2.24) is 5.32 Å². The van der Waals surface area contributed by atoms with Gasteiger partial charge in [0.1, 0.15) is 5.75 Å². The second kappa shape index (κ2) is 9.22. The lowest BCUT2D eigenvalue weighted by Crippen LogP contribution is -2.34. The van der Waals surface area contributed by atoms with Gasteiger partial charge in [-0.3, -0.25) is 0 Å². The molecule has 0 amide bonds. The van der Waals surface area contributed by atoms with Crippen molar-refractivity contribution >= 4 is 11.6 Å². The molecular weight excluding hydrogens is 274 g/mol. The summed E-state index contributed by atoms with van der Waals surface area (Å²) in [6.07, 6.45) is 6.01. The van der Waals surface area contributed by atoms with Crippen LogP contribution in [-0.2, 0) is 4.74 Å². The van der Waals surface area contributed by atoms with E-state index in [9.17, 15) is 0 Å². The lowest BCUT2D eigenvalue weighted by molar-refractivity contribution is 0.108. The molecule has 1 saturated heterocycles. The van der Waals surface area contributed by atoms with E-state index in [2.05, 4.69) is 5.32 Å². The van der Waals surface area contributed by atoms with Crippen molar-refractivity contribution in [2.75, 3.05) is 26.4 Å². The topological polar surface area (TPSA) is 30.5 Å². The molecule has 112 valence electrons. The number of hydrogen-bond acceptors (Lipinski definition) is 3. The molecule has 3 nitrogen and oxygen atoms in total. The first kappa shape index (κ1) is 15.6. The van der Waals surface area contributed by atoms with Crippen LogP contribution in [0.3, 0.4) is 0 Å². The van der Waals surface area contributed by atoms with Crippen LogP contribution in [0.2, 0.25) is 5.02 Å². The van der Waals surface area contributed by atoms with E-state index in [0.717, 1.165) is 36.8 Å². The third-order valence-electron chi connectivity index (χ3n) is 3.54. The third kappa shape index (κ3) is 6.12. The number of piperidine rings is 1. The molecule has 1 aliphatic rings. The number of halogens is 1. The van der Waals surface area contributed by atoms with Crippen molar-refractivity contribution < 1.29 is 9.47 Å². The Balaban J connectivity index is 1.44. The van der Waals surface area contributed by atoms with Crippen LogP contribution < -0.4 is 10.1 Å². The van der Waals surface area contributed by atoms with Crippen LogP contribution in [0.25, 0.3) is 0 Å². The Bertz CT molecular complexity index is 363. The molecule has 0 spiro atoms. The molecule has 0 aliphatic carbocycles. The van der Waals surface area contributed by atoms with Crippen LogP contribution in [0.5, 0.6) is 5.75 Å². The fraction of sp³-hybridized carbons (Fsp3) is 0.625. The highest BCUT2D eigenvalue weighted by molar-refractivity contribution is 6.30. The van der Waals surface area contributed by atoms with Crippen LogP contribution in [0.4, 0.5) is 0 Å². The van der Waals surface area contributed by atoms with Gasteiger partial charge in [-0.2, -0.15) is 0 Å². The molecular formula is C16H24ClNO2. The van der Waals surface area contributed by atoms with Gasteiger partial charge in [-0.25, -0.2) is 0 Å². The van der Waals surface area contributed by atoms with E-state index >= 15 is 0 Å². The number of ether oxygens (including phenoxy) is 2. The number of nitrogens with one attached hydrogen (secondary N) is 1. The summed E-state index contributed by atoms with van der Waals surface area (Å²) in [5.74, 6) is 0.862. The van der Waals surface area contributed by atoms with E-state index in [0.29, 0.717) is 12.6 Å². The zero-order chi connectivity index (χ0) is 14.0. The van der Waals surface area contributed by atoms with E-state index < -0.39 is 0 Å². The fourth-order valence-corrected chi connectivity index (χ4v) is 2.51. The number of benzene rings is 1. The van der Waals surface area contributed by atoms with Gasteiger partial charge >= 0.3 is 0 Å². The van der Waals surface area contributed by atoms with Gasteiger partial charge in [0.05, 0.1) is 6.61 Å². The monoisotopic (exact) mass is 297 g/mol. The minimum Gasteiger partial charge on any atom is -0.494 e. The zero-order valence-corrected chi connectivity index (χ0v) is 12.7. The van der Waals surface area contributed by atoms with Crippen molar-refractivity contribution in [3.05, 3.63) is 29.3 Å². The van der Waals surface area contributed by atoms with Crippen molar-refractivity contribution in [3.8, 4) is 5.75 Å². The average Bonchev–Trinajstić information content (AvgIpc) is 2.49. The molecule has 0 radical (unpaired) electrons. The molecule has 0 aromatic heterocycles. The number of hydrogen-bond donors (Lipinski definition) is 1. The second-order valence-corrected chi connectivity index (χ2v) is 5.64. The van der Waals surface area contributed by atoms with Gasteiger partial charge in [0.2, 0.25) is 0 Å². The molecule has 4 heteroatoms. The maximum Gasteiger partial charge on any atom is 0.119 e. The first-order chi connectivity index (χ1) is 9.84. The van der Waals surface area contributed by atoms with Gasteiger partial charge in [0.25, 0.3) is 0 Å². The standard InChI is InChI=1S/C16H24ClNO2/c17-14-5-7-16(8-6-14)20-12-3-11-19-13-9-15-4-1-2-10-18-15/h5-8,15,18H,1-4,9-13H2. The Morgan fingerprint density at radius 3 is 2.70 bits per heavy atom. The van der Waals surface area contributed by atoms with E-state index in [1.807, 2.05) is 24.3 Å². The van der Waals surface area contributed by atoms with Crippen LogP contribution in [0.15, 0.2) is 24.3 Å².